The van der Waals surface area contributed by atoms with Crippen molar-refractivity contribution in [2.75, 3.05) is 5.75 Å². The standard InChI is InChI=1S/C22H28O4S/c1-21(2,3)26-16-8-6-7-14(11-16)13-25-19(23)18-17(22(18,4)5)12-15-9-10-27-20(15)24/h6-8,11-12,17-18H,9-10,13H2,1-5H3/b15-12+. The van der Waals surface area contributed by atoms with E-state index in [0.29, 0.717) is 0 Å². The van der Waals surface area contributed by atoms with Gasteiger partial charge in [0.15, 0.2) is 0 Å². The van der Waals surface area contributed by atoms with Crippen molar-refractivity contribution >= 4 is 22.8 Å². The van der Waals surface area contributed by atoms with E-state index in [2.05, 4.69) is 13.8 Å². The van der Waals surface area contributed by atoms with Crippen LogP contribution in [0, 0.1) is 17.3 Å². The molecule has 146 valence electrons. The predicted octanol–water partition coefficient (Wildman–Crippen LogP) is 4.77. The van der Waals surface area contributed by atoms with Crippen molar-refractivity contribution in [3.05, 3.63) is 41.5 Å². The Labute approximate surface area is 165 Å². The highest BCUT2D eigenvalue weighted by molar-refractivity contribution is 8.14. The summed E-state index contributed by atoms with van der Waals surface area (Å²) < 4.78 is 11.4. The monoisotopic (exact) mass is 388 g/mol. The molecule has 1 aromatic rings. The first-order valence-electron chi connectivity index (χ1n) is 9.40. The van der Waals surface area contributed by atoms with Crippen LogP contribution >= 0.6 is 11.8 Å². The zero-order chi connectivity index (χ0) is 19.8. The molecule has 0 amide bonds. The van der Waals surface area contributed by atoms with Gasteiger partial charge in [-0.15, -0.1) is 0 Å². The summed E-state index contributed by atoms with van der Waals surface area (Å²) in [6.07, 6.45) is 2.81. The van der Waals surface area contributed by atoms with Crippen LogP contribution in [0.3, 0.4) is 0 Å². The number of carbonyl (C=O) groups excluding carboxylic acids is 2. The molecule has 5 heteroatoms. The van der Waals surface area contributed by atoms with E-state index in [0.717, 1.165) is 29.1 Å². The maximum atomic E-state index is 12.6. The highest BCUT2D eigenvalue weighted by Crippen LogP contribution is 2.60. The van der Waals surface area contributed by atoms with Gasteiger partial charge in [0.1, 0.15) is 18.0 Å². The van der Waals surface area contributed by atoms with E-state index in [1.54, 1.807) is 0 Å². The number of ether oxygens (including phenoxy) is 2. The van der Waals surface area contributed by atoms with Gasteiger partial charge in [0.2, 0.25) is 5.12 Å². The summed E-state index contributed by atoms with van der Waals surface area (Å²) in [6, 6.07) is 7.64. The molecule has 0 N–H and O–H groups in total. The van der Waals surface area contributed by atoms with Crippen molar-refractivity contribution in [3.8, 4) is 5.75 Å². The van der Waals surface area contributed by atoms with E-state index >= 15 is 0 Å². The lowest BCUT2D eigenvalue weighted by atomic mass is 10.1. The lowest BCUT2D eigenvalue weighted by molar-refractivity contribution is -0.147. The molecule has 0 aromatic heterocycles. The topological polar surface area (TPSA) is 52.6 Å². The van der Waals surface area contributed by atoms with Gasteiger partial charge in [0.25, 0.3) is 0 Å². The normalized spacial score (nSPS) is 25.5. The van der Waals surface area contributed by atoms with Gasteiger partial charge in [-0.1, -0.05) is 43.8 Å². The van der Waals surface area contributed by atoms with E-state index in [-0.39, 0.29) is 40.5 Å². The zero-order valence-corrected chi connectivity index (χ0v) is 17.5. The number of esters is 1. The minimum absolute atomic E-state index is 0.0817. The summed E-state index contributed by atoms with van der Waals surface area (Å²) in [5.41, 5.74) is 1.33. The maximum Gasteiger partial charge on any atom is 0.310 e. The number of benzene rings is 1. The summed E-state index contributed by atoms with van der Waals surface area (Å²) in [5.74, 6) is 1.32. The summed E-state index contributed by atoms with van der Waals surface area (Å²) in [6.45, 7) is 10.3. The molecule has 2 fully saturated rings. The van der Waals surface area contributed by atoms with Gasteiger partial charge in [-0.3, -0.25) is 9.59 Å². The first-order chi connectivity index (χ1) is 12.6. The third-order valence-corrected chi connectivity index (χ3v) is 6.05. The molecule has 0 bridgehead atoms. The summed E-state index contributed by atoms with van der Waals surface area (Å²) in [7, 11) is 0. The molecule has 1 saturated heterocycles. The zero-order valence-electron chi connectivity index (χ0n) is 16.7. The van der Waals surface area contributed by atoms with Crippen LogP contribution in [0.5, 0.6) is 5.75 Å². The summed E-state index contributed by atoms with van der Waals surface area (Å²) in [5, 5.41) is 0.153. The Morgan fingerprint density at radius 3 is 2.70 bits per heavy atom. The van der Waals surface area contributed by atoms with Gasteiger partial charge in [-0.05, 0) is 56.2 Å². The highest BCUT2D eigenvalue weighted by Gasteiger charge is 2.61. The molecule has 0 radical (unpaired) electrons. The Morgan fingerprint density at radius 2 is 2.07 bits per heavy atom. The molecule has 1 saturated carbocycles. The molecular formula is C22H28O4S. The minimum Gasteiger partial charge on any atom is -0.488 e. The van der Waals surface area contributed by atoms with Crippen molar-refractivity contribution in [1.82, 2.24) is 0 Å². The van der Waals surface area contributed by atoms with Crippen molar-refractivity contribution in [2.24, 2.45) is 17.3 Å². The highest BCUT2D eigenvalue weighted by atomic mass is 32.2. The van der Waals surface area contributed by atoms with Crippen molar-refractivity contribution < 1.29 is 19.1 Å². The Balaban J connectivity index is 1.60. The third kappa shape index (κ3) is 4.75. The van der Waals surface area contributed by atoms with E-state index in [1.807, 2.05) is 51.1 Å². The molecule has 3 rings (SSSR count). The lowest BCUT2D eigenvalue weighted by Gasteiger charge is -2.21. The molecule has 2 unspecified atom stereocenters. The molecule has 2 atom stereocenters. The van der Waals surface area contributed by atoms with E-state index in [9.17, 15) is 9.59 Å². The van der Waals surface area contributed by atoms with Crippen LogP contribution in [0.25, 0.3) is 0 Å². The number of hydrogen-bond donors (Lipinski definition) is 0. The van der Waals surface area contributed by atoms with Gasteiger partial charge < -0.3 is 9.47 Å². The molecular weight excluding hydrogens is 360 g/mol. The van der Waals surface area contributed by atoms with Crippen molar-refractivity contribution in [3.63, 3.8) is 0 Å². The van der Waals surface area contributed by atoms with E-state index in [1.165, 1.54) is 11.8 Å². The van der Waals surface area contributed by atoms with E-state index in [4.69, 9.17) is 9.47 Å². The summed E-state index contributed by atoms with van der Waals surface area (Å²) in [4.78, 5) is 24.4. The van der Waals surface area contributed by atoms with Gasteiger partial charge in [0, 0.05) is 11.3 Å². The molecule has 2 aliphatic rings. The maximum absolute atomic E-state index is 12.6. The Morgan fingerprint density at radius 1 is 1.33 bits per heavy atom. The number of allylic oxidation sites excluding steroid dienone is 1. The fraction of sp³-hybridized carbons (Fsp3) is 0.545. The van der Waals surface area contributed by atoms with Gasteiger partial charge in [0.05, 0.1) is 5.92 Å². The van der Waals surface area contributed by atoms with Gasteiger partial charge in [-0.2, -0.15) is 0 Å². The average molecular weight is 389 g/mol. The SMILES string of the molecule is CC(C)(C)Oc1cccc(COC(=O)C2C(/C=C3\CCSC3=O)C2(C)C)c1. The van der Waals surface area contributed by atoms with Crippen LogP contribution in [0.15, 0.2) is 35.9 Å². The molecule has 1 aromatic carbocycles. The molecule has 1 aliphatic heterocycles. The second kappa shape index (κ2) is 7.34. The quantitative estimate of drug-likeness (QED) is 0.537. The number of thioether (sulfide) groups is 1. The molecule has 0 spiro atoms. The minimum atomic E-state index is -0.274. The van der Waals surface area contributed by atoms with Gasteiger partial charge in [-0.25, -0.2) is 0 Å². The first kappa shape index (κ1) is 20.0. The molecule has 27 heavy (non-hydrogen) atoms. The first-order valence-corrected chi connectivity index (χ1v) is 10.4. The second-order valence-electron chi connectivity index (χ2n) is 8.87. The second-order valence-corrected chi connectivity index (χ2v) is 9.94. The molecule has 1 heterocycles. The Kier molecular flexibility index (Phi) is 5.44. The summed E-state index contributed by atoms with van der Waals surface area (Å²) >= 11 is 1.36. The van der Waals surface area contributed by atoms with Crippen molar-refractivity contribution in [2.45, 2.75) is 53.2 Å². The van der Waals surface area contributed by atoms with Crippen LogP contribution in [0.4, 0.5) is 0 Å². The number of rotatable bonds is 5. The predicted molar refractivity (Wildman–Crippen MR) is 108 cm³/mol. The largest absolute Gasteiger partial charge is 0.488 e. The van der Waals surface area contributed by atoms with Gasteiger partial charge >= 0.3 is 5.97 Å². The van der Waals surface area contributed by atoms with Crippen molar-refractivity contribution in [1.29, 1.82) is 0 Å². The fourth-order valence-corrected chi connectivity index (χ4v) is 4.41. The lowest BCUT2D eigenvalue weighted by Crippen LogP contribution is -2.23. The van der Waals surface area contributed by atoms with Crippen LogP contribution < -0.4 is 4.74 Å². The molecule has 1 aliphatic carbocycles. The third-order valence-electron chi connectivity index (χ3n) is 5.12. The fourth-order valence-electron chi connectivity index (χ4n) is 3.55. The Hall–Kier alpha value is -1.75. The Bertz CT molecular complexity index is 773. The number of hydrogen-bond acceptors (Lipinski definition) is 5. The van der Waals surface area contributed by atoms with Crippen LogP contribution in [0.2, 0.25) is 0 Å². The van der Waals surface area contributed by atoms with Crippen LogP contribution in [-0.4, -0.2) is 22.4 Å². The van der Waals surface area contributed by atoms with E-state index < -0.39 is 0 Å². The van der Waals surface area contributed by atoms with Crippen LogP contribution in [-0.2, 0) is 20.9 Å². The smallest absolute Gasteiger partial charge is 0.310 e. The number of carbonyl (C=O) groups is 2. The molecule has 4 nitrogen and oxygen atoms in total. The average Bonchev–Trinajstić information content (AvgIpc) is 2.86. The van der Waals surface area contributed by atoms with Crippen LogP contribution in [0.1, 0.15) is 46.6 Å².